The van der Waals surface area contributed by atoms with Crippen LogP contribution in [-0.4, -0.2) is 37.3 Å². The number of rotatable bonds is 5. The van der Waals surface area contributed by atoms with Gasteiger partial charge in [-0.25, -0.2) is 0 Å². The van der Waals surface area contributed by atoms with E-state index in [1.807, 2.05) is 49.4 Å². The highest BCUT2D eigenvalue weighted by molar-refractivity contribution is 8.26. The second-order valence-corrected chi connectivity index (χ2v) is 8.43. The van der Waals surface area contributed by atoms with Gasteiger partial charge in [0.25, 0.3) is 5.91 Å². The highest BCUT2D eigenvalue weighted by Crippen LogP contribution is 2.35. The highest BCUT2D eigenvalue weighted by atomic mass is 32.2. The first-order valence-electron chi connectivity index (χ1n) is 9.04. The number of carboxylic acid groups (broad SMARTS) is 1. The van der Waals surface area contributed by atoms with Gasteiger partial charge in [-0.2, -0.15) is 0 Å². The summed E-state index contributed by atoms with van der Waals surface area (Å²) in [5.74, 6) is -1.44. The summed E-state index contributed by atoms with van der Waals surface area (Å²) in [5.41, 5.74) is 4.27. The van der Waals surface area contributed by atoms with E-state index in [2.05, 4.69) is 22.8 Å². The van der Waals surface area contributed by atoms with Crippen molar-refractivity contribution in [1.29, 1.82) is 0 Å². The van der Waals surface area contributed by atoms with Crippen molar-refractivity contribution >= 4 is 57.2 Å². The number of fused-ring (bicyclic) bond motifs is 1. The zero-order chi connectivity index (χ0) is 20.5. The van der Waals surface area contributed by atoms with Gasteiger partial charge < -0.3 is 9.67 Å². The van der Waals surface area contributed by atoms with Gasteiger partial charge in [0.1, 0.15) is 10.9 Å². The standard InChI is InChI=1S/C22H18N2O3S2/c1-14-17(11-19-21(27)24(13-20(25)26)22(28)29-19)16-9-5-6-10-18(16)23(14)12-15-7-3-2-4-8-15/h2-11H,12-13H2,1H3,(H,25,26). The lowest BCUT2D eigenvalue weighted by Crippen LogP contribution is -2.33. The van der Waals surface area contributed by atoms with E-state index in [-0.39, 0.29) is 10.2 Å². The van der Waals surface area contributed by atoms with Crippen LogP contribution in [0.25, 0.3) is 17.0 Å². The molecule has 3 aromatic rings. The number of thioether (sulfide) groups is 1. The highest BCUT2D eigenvalue weighted by Gasteiger charge is 2.33. The molecule has 146 valence electrons. The van der Waals surface area contributed by atoms with Crippen LogP contribution < -0.4 is 0 Å². The van der Waals surface area contributed by atoms with Crippen LogP contribution in [0, 0.1) is 6.92 Å². The quantitative estimate of drug-likeness (QED) is 0.491. The SMILES string of the molecule is Cc1c(C=C2SC(=S)N(CC(=O)O)C2=O)c2ccccc2n1Cc1ccccc1. The molecule has 1 N–H and O–H groups in total. The summed E-state index contributed by atoms with van der Waals surface area (Å²) in [6.07, 6.45) is 1.83. The van der Waals surface area contributed by atoms with Gasteiger partial charge in [-0.15, -0.1) is 0 Å². The zero-order valence-corrected chi connectivity index (χ0v) is 17.3. The normalized spacial score (nSPS) is 15.6. The monoisotopic (exact) mass is 422 g/mol. The van der Waals surface area contributed by atoms with Gasteiger partial charge in [-0.05, 0) is 24.6 Å². The minimum atomic E-state index is -1.09. The molecule has 0 saturated carbocycles. The number of carbonyl (C=O) groups excluding carboxylic acids is 1. The van der Waals surface area contributed by atoms with Gasteiger partial charge in [0.15, 0.2) is 0 Å². The molecule has 1 aliphatic heterocycles. The maximum absolute atomic E-state index is 12.7. The largest absolute Gasteiger partial charge is 0.480 e. The zero-order valence-electron chi connectivity index (χ0n) is 15.7. The molecule has 0 aliphatic carbocycles. The number of carbonyl (C=O) groups is 2. The first kappa shape index (κ1) is 19.4. The van der Waals surface area contributed by atoms with Gasteiger partial charge >= 0.3 is 5.97 Å². The van der Waals surface area contributed by atoms with E-state index in [0.29, 0.717) is 4.91 Å². The number of amides is 1. The lowest BCUT2D eigenvalue weighted by molar-refractivity contribution is -0.140. The van der Waals surface area contributed by atoms with E-state index < -0.39 is 12.5 Å². The van der Waals surface area contributed by atoms with E-state index in [9.17, 15) is 9.59 Å². The molecule has 29 heavy (non-hydrogen) atoms. The summed E-state index contributed by atoms with van der Waals surface area (Å²) in [5, 5.41) is 10.1. The van der Waals surface area contributed by atoms with Crippen LogP contribution in [0.5, 0.6) is 0 Å². The molecule has 0 spiro atoms. The number of nitrogens with zero attached hydrogens (tertiary/aromatic N) is 2. The van der Waals surface area contributed by atoms with Gasteiger partial charge in [0.05, 0.1) is 4.91 Å². The van der Waals surface area contributed by atoms with Crippen LogP contribution in [0.4, 0.5) is 0 Å². The Hall–Kier alpha value is -2.90. The van der Waals surface area contributed by atoms with Crippen molar-refractivity contribution < 1.29 is 14.7 Å². The number of hydrogen-bond acceptors (Lipinski definition) is 4. The first-order chi connectivity index (χ1) is 14.0. The Morgan fingerprint density at radius 2 is 1.83 bits per heavy atom. The van der Waals surface area contributed by atoms with Gasteiger partial charge in [-0.3, -0.25) is 14.5 Å². The minimum absolute atomic E-state index is 0.273. The third-order valence-electron chi connectivity index (χ3n) is 4.91. The topological polar surface area (TPSA) is 62.5 Å². The second-order valence-electron chi connectivity index (χ2n) is 6.75. The summed E-state index contributed by atoms with van der Waals surface area (Å²) in [4.78, 5) is 25.3. The van der Waals surface area contributed by atoms with Crippen molar-refractivity contribution in [2.75, 3.05) is 6.54 Å². The number of aromatic nitrogens is 1. The minimum Gasteiger partial charge on any atom is -0.480 e. The fourth-order valence-electron chi connectivity index (χ4n) is 3.51. The van der Waals surface area contributed by atoms with Gasteiger partial charge in [0, 0.05) is 28.7 Å². The van der Waals surface area contributed by atoms with Crippen LogP contribution in [0.2, 0.25) is 0 Å². The fourth-order valence-corrected chi connectivity index (χ4v) is 4.75. The molecule has 0 atom stereocenters. The molecular weight excluding hydrogens is 404 g/mol. The smallest absolute Gasteiger partial charge is 0.323 e. The summed E-state index contributed by atoms with van der Waals surface area (Å²) in [6.45, 7) is 2.34. The third-order valence-corrected chi connectivity index (χ3v) is 6.28. The Bertz CT molecular complexity index is 1170. The van der Waals surface area contributed by atoms with Gasteiger partial charge in [-0.1, -0.05) is 72.5 Å². The Balaban J connectivity index is 1.78. The number of carboxylic acids is 1. The molecule has 4 rings (SSSR count). The first-order valence-corrected chi connectivity index (χ1v) is 10.3. The summed E-state index contributed by atoms with van der Waals surface area (Å²) >= 11 is 6.35. The molecule has 1 saturated heterocycles. The van der Waals surface area contributed by atoms with E-state index in [1.54, 1.807) is 0 Å². The number of thiocarbonyl (C=S) groups is 1. The maximum Gasteiger partial charge on any atom is 0.323 e. The van der Waals surface area contributed by atoms with Crippen molar-refractivity contribution in [3.63, 3.8) is 0 Å². The molecule has 5 nitrogen and oxygen atoms in total. The Morgan fingerprint density at radius 1 is 1.14 bits per heavy atom. The summed E-state index contributed by atoms with van der Waals surface area (Å²) in [7, 11) is 0. The van der Waals surface area contributed by atoms with Crippen molar-refractivity contribution in [1.82, 2.24) is 9.47 Å². The Kier molecular flexibility index (Phi) is 5.25. The molecule has 0 bridgehead atoms. The van der Waals surface area contributed by atoms with Crippen molar-refractivity contribution in [3.8, 4) is 0 Å². The second kappa shape index (κ2) is 7.85. The summed E-state index contributed by atoms with van der Waals surface area (Å²) < 4.78 is 2.50. The average molecular weight is 423 g/mol. The summed E-state index contributed by atoms with van der Waals surface area (Å²) in [6, 6.07) is 18.3. The molecule has 2 heterocycles. The van der Waals surface area contributed by atoms with Gasteiger partial charge in [0.2, 0.25) is 0 Å². The molecule has 2 aromatic carbocycles. The average Bonchev–Trinajstić information content (AvgIpc) is 3.12. The Morgan fingerprint density at radius 3 is 2.55 bits per heavy atom. The maximum atomic E-state index is 12.7. The van der Waals surface area contributed by atoms with Crippen LogP contribution in [-0.2, 0) is 16.1 Å². The lowest BCUT2D eigenvalue weighted by atomic mass is 10.1. The molecule has 0 unspecified atom stereocenters. The van der Waals surface area contributed by atoms with E-state index in [4.69, 9.17) is 17.3 Å². The van der Waals surface area contributed by atoms with E-state index in [1.165, 1.54) is 5.56 Å². The van der Waals surface area contributed by atoms with E-state index >= 15 is 0 Å². The van der Waals surface area contributed by atoms with Crippen LogP contribution in [0.1, 0.15) is 16.8 Å². The number of aliphatic carboxylic acids is 1. The molecule has 1 aliphatic rings. The lowest BCUT2D eigenvalue weighted by Gasteiger charge is -2.10. The number of para-hydroxylation sites is 1. The van der Waals surface area contributed by atoms with Crippen molar-refractivity contribution in [2.45, 2.75) is 13.5 Å². The van der Waals surface area contributed by atoms with Crippen molar-refractivity contribution in [3.05, 3.63) is 76.3 Å². The number of hydrogen-bond donors (Lipinski definition) is 1. The molecular formula is C22H18N2O3S2. The van der Waals surface area contributed by atoms with Crippen LogP contribution in [0.15, 0.2) is 59.5 Å². The molecule has 1 fully saturated rings. The molecule has 1 amide bonds. The molecule has 1 aromatic heterocycles. The molecule has 7 heteroatoms. The van der Waals surface area contributed by atoms with Crippen molar-refractivity contribution in [2.24, 2.45) is 0 Å². The van der Waals surface area contributed by atoms with E-state index in [0.717, 1.165) is 45.4 Å². The van der Waals surface area contributed by atoms with Crippen LogP contribution in [0.3, 0.4) is 0 Å². The molecule has 0 radical (unpaired) electrons. The third kappa shape index (κ3) is 3.71. The number of benzene rings is 2. The fraction of sp³-hybridized carbons (Fsp3) is 0.136. The predicted octanol–water partition coefficient (Wildman–Crippen LogP) is 4.28. The van der Waals surface area contributed by atoms with Crippen LogP contribution >= 0.6 is 24.0 Å². The Labute approximate surface area is 177 Å². The predicted molar refractivity (Wildman–Crippen MR) is 120 cm³/mol.